The zero-order valence-corrected chi connectivity index (χ0v) is 15.1. The number of hydrogen-bond acceptors (Lipinski definition) is 1. The molecule has 1 N–H and O–H groups in total. The fourth-order valence-electron chi connectivity index (χ4n) is 2.27. The molecule has 2 nitrogen and oxygen atoms in total. The summed E-state index contributed by atoms with van der Waals surface area (Å²) in [5.41, 5.74) is 3.19. The van der Waals surface area contributed by atoms with Gasteiger partial charge < -0.3 is 5.32 Å². The molecule has 0 heterocycles. The Bertz CT molecular complexity index is 656. The van der Waals surface area contributed by atoms with Crippen molar-refractivity contribution in [2.45, 2.75) is 39.2 Å². The second-order valence-electron chi connectivity index (χ2n) is 6.55. The fourth-order valence-corrected chi connectivity index (χ4v) is 2.74. The Kier molecular flexibility index (Phi) is 5.07. The van der Waals surface area contributed by atoms with Gasteiger partial charge in [-0.2, -0.15) is 0 Å². The predicted octanol–water partition coefficient (Wildman–Crippen LogP) is 5.24. The third-order valence-corrected chi connectivity index (χ3v) is 4.43. The molecule has 0 saturated heterocycles. The topological polar surface area (TPSA) is 29.1 Å². The fraction of sp³-hybridized carbons (Fsp3) is 0.316. The third kappa shape index (κ3) is 3.98. The minimum Gasteiger partial charge on any atom is -0.345 e. The molecule has 0 unspecified atom stereocenters. The molecule has 2 aromatic rings. The van der Waals surface area contributed by atoms with Crippen molar-refractivity contribution in [3.63, 3.8) is 0 Å². The maximum absolute atomic E-state index is 12.3. The minimum absolute atomic E-state index is 0.0337. The number of nitrogens with one attached hydrogen (secondary N) is 1. The molecule has 2 aromatic carbocycles. The summed E-state index contributed by atoms with van der Waals surface area (Å²) in [5.74, 6) is -0.0696. The minimum atomic E-state index is -0.0696. The number of carbonyl (C=O) groups excluding carboxylic acids is 1. The molecule has 0 aliphatic heterocycles. The second-order valence-corrected chi connectivity index (χ2v) is 7.40. The van der Waals surface area contributed by atoms with Crippen molar-refractivity contribution in [2.75, 3.05) is 0 Å². The standard InChI is InChI=1S/C19H22BrNO/c1-13(14-9-11-15(12-10-14)19(2,3)4)21-18(22)16-7-5-6-8-17(16)20/h5-13H,1-4H3,(H,21,22)/t13-/m0/s1. The van der Waals surface area contributed by atoms with Crippen LogP contribution in [0.3, 0.4) is 0 Å². The lowest BCUT2D eigenvalue weighted by molar-refractivity contribution is 0.0939. The van der Waals surface area contributed by atoms with Crippen LogP contribution in [0.1, 0.15) is 55.2 Å². The zero-order chi connectivity index (χ0) is 16.3. The maximum atomic E-state index is 12.3. The van der Waals surface area contributed by atoms with E-state index < -0.39 is 0 Å². The molecule has 22 heavy (non-hydrogen) atoms. The monoisotopic (exact) mass is 359 g/mol. The van der Waals surface area contributed by atoms with Crippen molar-refractivity contribution in [1.82, 2.24) is 5.32 Å². The largest absolute Gasteiger partial charge is 0.345 e. The second kappa shape index (κ2) is 6.66. The first-order chi connectivity index (χ1) is 10.3. The van der Waals surface area contributed by atoms with E-state index in [2.05, 4.69) is 66.3 Å². The Morgan fingerprint density at radius 2 is 1.64 bits per heavy atom. The molecule has 2 rings (SSSR count). The van der Waals surface area contributed by atoms with Crippen molar-refractivity contribution in [3.05, 3.63) is 69.7 Å². The Balaban J connectivity index is 2.11. The summed E-state index contributed by atoms with van der Waals surface area (Å²) in [5, 5.41) is 3.04. The van der Waals surface area contributed by atoms with E-state index in [-0.39, 0.29) is 17.4 Å². The van der Waals surface area contributed by atoms with E-state index in [4.69, 9.17) is 0 Å². The van der Waals surface area contributed by atoms with Crippen molar-refractivity contribution in [2.24, 2.45) is 0 Å². The summed E-state index contributed by atoms with van der Waals surface area (Å²) in [6.07, 6.45) is 0. The molecule has 0 fully saturated rings. The van der Waals surface area contributed by atoms with Gasteiger partial charge in [0.05, 0.1) is 11.6 Å². The summed E-state index contributed by atoms with van der Waals surface area (Å²) in [4.78, 5) is 12.3. The molecule has 0 aliphatic carbocycles. The summed E-state index contributed by atoms with van der Waals surface area (Å²) < 4.78 is 0.808. The average molecular weight is 360 g/mol. The van der Waals surface area contributed by atoms with Crippen molar-refractivity contribution in [1.29, 1.82) is 0 Å². The average Bonchev–Trinajstić information content (AvgIpc) is 2.46. The molecule has 0 spiro atoms. The molecule has 3 heteroatoms. The summed E-state index contributed by atoms with van der Waals surface area (Å²) >= 11 is 3.41. The van der Waals surface area contributed by atoms with E-state index in [1.165, 1.54) is 5.56 Å². The molecule has 0 bridgehead atoms. The van der Waals surface area contributed by atoms with Gasteiger partial charge in [-0.05, 0) is 51.5 Å². The Morgan fingerprint density at radius 3 is 2.18 bits per heavy atom. The van der Waals surface area contributed by atoms with Crippen LogP contribution in [0, 0.1) is 0 Å². The van der Waals surface area contributed by atoms with Crippen LogP contribution in [0.5, 0.6) is 0 Å². The molecule has 1 atom stereocenters. The molecule has 0 radical (unpaired) electrons. The van der Waals surface area contributed by atoms with Crippen molar-refractivity contribution >= 4 is 21.8 Å². The van der Waals surface area contributed by atoms with E-state index in [9.17, 15) is 4.79 Å². The lowest BCUT2D eigenvalue weighted by atomic mass is 9.86. The van der Waals surface area contributed by atoms with Crippen LogP contribution in [0.25, 0.3) is 0 Å². The molecule has 0 saturated carbocycles. The van der Waals surface area contributed by atoms with Gasteiger partial charge in [0.2, 0.25) is 0 Å². The van der Waals surface area contributed by atoms with Crippen LogP contribution >= 0.6 is 15.9 Å². The van der Waals surface area contributed by atoms with Gasteiger partial charge in [-0.15, -0.1) is 0 Å². The van der Waals surface area contributed by atoms with Crippen LogP contribution < -0.4 is 5.32 Å². The number of amides is 1. The van der Waals surface area contributed by atoms with E-state index >= 15 is 0 Å². The highest BCUT2D eigenvalue weighted by Gasteiger charge is 2.16. The van der Waals surface area contributed by atoms with Crippen LogP contribution in [-0.4, -0.2) is 5.91 Å². The summed E-state index contributed by atoms with van der Waals surface area (Å²) in [7, 11) is 0. The number of rotatable bonds is 3. The predicted molar refractivity (Wildman–Crippen MR) is 95.2 cm³/mol. The van der Waals surface area contributed by atoms with Gasteiger partial charge in [0.1, 0.15) is 0 Å². The molecule has 0 aromatic heterocycles. The summed E-state index contributed by atoms with van der Waals surface area (Å²) in [6, 6.07) is 15.9. The number of hydrogen-bond donors (Lipinski definition) is 1. The maximum Gasteiger partial charge on any atom is 0.252 e. The van der Waals surface area contributed by atoms with Gasteiger partial charge >= 0.3 is 0 Å². The first-order valence-corrected chi connectivity index (χ1v) is 8.24. The highest BCUT2D eigenvalue weighted by Crippen LogP contribution is 2.24. The van der Waals surface area contributed by atoms with Gasteiger partial charge in [0, 0.05) is 4.47 Å². The van der Waals surface area contributed by atoms with Gasteiger partial charge in [-0.1, -0.05) is 57.2 Å². The Labute approximate surface area is 141 Å². The van der Waals surface area contributed by atoms with Crippen LogP contribution in [0.15, 0.2) is 53.0 Å². The highest BCUT2D eigenvalue weighted by atomic mass is 79.9. The van der Waals surface area contributed by atoms with E-state index in [0.717, 1.165) is 10.0 Å². The summed E-state index contributed by atoms with van der Waals surface area (Å²) in [6.45, 7) is 8.58. The van der Waals surface area contributed by atoms with Crippen LogP contribution in [-0.2, 0) is 5.41 Å². The number of carbonyl (C=O) groups is 1. The first kappa shape index (κ1) is 16.8. The molecule has 1 amide bonds. The lowest BCUT2D eigenvalue weighted by Crippen LogP contribution is -2.27. The van der Waals surface area contributed by atoms with E-state index in [0.29, 0.717) is 5.56 Å². The van der Waals surface area contributed by atoms with Gasteiger partial charge in [0.25, 0.3) is 5.91 Å². The number of benzene rings is 2. The van der Waals surface area contributed by atoms with Crippen LogP contribution in [0.2, 0.25) is 0 Å². The zero-order valence-electron chi connectivity index (χ0n) is 13.5. The van der Waals surface area contributed by atoms with Crippen molar-refractivity contribution < 1.29 is 4.79 Å². The quantitative estimate of drug-likeness (QED) is 0.797. The van der Waals surface area contributed by atoms with E-state index in [1.807, 2.05) is 31.2 Å². The highest BCUT2D eigenvalue weighted by molar-refractivity contribution is 9.10. The molecule has 116 valence electrons. The lowest BCUT2D eigenvalue weighted by Gasteiger charge is -2.21. The first-order valence-electron chi connectivity index (χ1n) is 7.45. The Hall–Kier alpha value is -1.61. The SMILES string of the molecule is C[C@H](NC(=O)c1ccccc1Br)c1ccc(C(C)(C)C)cc1. The smallest absolute Gasteiger partial charge is 0.252 e. The van der Waals surface area contributed by atoms with E-state index in [1.54, 1.807) is 0 Å². The van der Waals surface area contributed by atoms with Crippen LogP contribution in [0.4, 0.5) is 0 Å². The normalized spacial score (nSPS) is 12.8. The number of halogens is 1. The third-order valence-electron chi connectivity index (χ3n) is 3.74. The van der Waals surface area contributed by atoms with Gasteiger partial charge in [-0.25, -0.2) is 0 Å². The van der Waals surface area contributed by atoms with Gasteiger partial charge in [-0.3, -0.25) is 4.79 Å². The molecular formula is C19H22BrNO. The van der Waals surface area contributed by atoms with Crippen molar-refractivity contribution in [3.8, 4) is 0 Å². The van der Waals surface area contributed by atoms with Gasteiger partial charge in [0.15, 0.2) is 0 Å². The Morgan fingerprint density at radius 1 is 1.05 bits per heavy atom. The molecular weight excluding hydrogens is 338 g/mol. The molecule has 0 aliphatic rings.